The molecule has 1 aliphatic rings. The Bertz CT molecular complexity index is 924. The third kappa shape index (κ3) is 4.32. The van der Waals surface area contributed by atoms with Crippen LogP contribution in [-0.4, -0.2) is 29.0 Å². The van der Waals surface area contributed by atoms with E-state index in [1.165, 1.54) is 5.01 Å². The zero-order chi connectivity index (χ0) is 19.9. The Kier molecular flexibility index (Phi) is 6.29. The molecule has 0 radical (unpaired) electrons. The molecular formula is C21H21N5OS. The van der Waals surface area contributed by atoms with Gasteiger partial charge in [-0.1, -0.05) is 54.6 Å². The van der Waals surface area contributed by atoms with Crippen LogP contribution in [0.15, 0.2) is 83.5 Å². The molecule has 1 aliphatic heterocycles. The van der Waals surface area contributed by atoms with Gasteiger partial charge in [-0.2, -0.15) is 15.2 Å². The van der Waals surface area contributed by atoms with Crippen LogP contribution in [0.4, 0.5) is 5.69 Å². The van der Waals surface area contributed by atoms with Crippen LogP contribution in [0.5, 0.6) is 0 Å². The number of nitrogens with one attached hydrogen (secondary N) is 2. The molecule has 2 aromatic rings. The highest BCUT2D eigenvalue weighted by molar-refractivity contribution is 7.80. The molecule has 0 fully saturated rings. The normalized spacial score (nSPS) is 16.5. The molecule has 2 N–H and O–H groups in total. The summed E-state index contributed by atoms with van der Waals surface area (Å²) in [5.74, 6) is -0.754. The molecule has 6 nitrogen and oxygen atoms in total. The molecule has 2 aromatic carbocycles. The van der Waals surface area contributed by atoms with E-state index in [-0.39, 0.29) is 5.91 Å². The number of benzene rings is 2. The van der Waals surface area contributed by atoms with Crippen molar-refractivity contribution in [1.82, 2.24) is 10.7 Å². The molecule has 0 saturated carbocycles. The van der Waals surface area contributed by atoms with Crippen molar-refractivity contribution < 1.29 is 4.79 Å². The number of anilines is 1. The molecule has 1 unspecified atom stereocenters. The van der Waals surface area contributed by atoms with Gasteiger partial charge < -0.3 is 5.32 Å². The molecule has 1 heterocycles. The number of rotatable bonds is 6. The van der Waals surface area contributed by atoms with Crippen molar-refractivity contribution in [3.63, 3.8) is 0 Å². The first kappa shape index (κ1) is 19.4. The Morgan fingerprint density at radius 1 is 1.21 bits per heavy atom. The lowest BCUT2D eigenvalue weighted by atomic mass is 9.93. The van der Waals surface area contributed by atoms with Crippen molar-refractivity contribution in [3.05, 3.63) is 78.9 Å². The van der Waals surface area contributed by atoms with E-state index < -0.39 is 5.92 Å². The van der Waals surface area contributed by atoms with E-state index in [0.29, 0.717) is 23.1 Å². The Hall–Kier alpha value is -3.32. The molecule has 0 aliphatic carbocycles. The third-order valence-corrected chi connectivity index (χ3v) is 4.40. The fraction of sp³-hybridized carbons (Fsp3) is 0.143. The molecule has 28 heavy (non-hydrogen) atoms. The van der Waals surface area contributed by atoms with Gasteiger partial charge in [0.2, 0.25) is 0 Å². The summed E-state index contributed by atoms with van der Waals surface area (Å²) in [6.07, 6.45) is 1.70. The van der Waals surface area contributed by atoms with Gasteiger partial charge in [-0.25, -0.2) is 0 Å². The lowest BCUT2D eigenvalue weighted by molar-refractivity contribution is -0.118. The van der Waals surface area contributed by atoms with Crippen molar-refractivity contribution in [2.24, 2.45) is 16.1 Å². The number of carbonyl (C=O) groups is 1. The van der Waals surface area contributed by atoms with Crippen LogP contribution in [0.3, 0.4) is 0 Å². The van der Waals surface area contributed by atoms with Gasteiger partial charge in [0.05, 0.1) is 17.1 Å². The van der Waals surface area contributed by atoms with Crippen LogP contribution in [-0.2, 0) is 4.79 Å². The molecular weight excluding hydrogens is 370 g/mol. The number of nitrogens with zero attached hydrogens (tertiary/aromatic N) is 3. The molecule has 0 aromatic heterocycles. The van der Waals surface area contributed by atoms with Gasteiger partial charge in [0.25, 0.3) is 5.91 Å². The van der Waals surface area contributed by atoms with E-state index in [1.54, 1.807) is 6.08 Å². The van der Waals surface area contributed by atoms with Crippen LogP contribution >= 0.6 is 12.2 Å². The van der Waals surface area contributed by atoms with Gasteiger partial charge >= 0.3 is 0 Å². The highest BCUT2D eigenvalue weighted by Crippen LogP contribution is 2.26. The molecule has 142 valence electrons. The topological polar surface area (TPSA) is 69.1 Å². The summed E-state index contributed by atoms with van der Waals surface area (Å²) in [6.45, 7) is 6.00. The van der Waals surface area contributed by atoms with Crippen molar-refractivity contribution in [1.29, 1.82) is 0 Å². The first-order chi connectivity index (χ1) is 13.6. The Labute approximate surface area is 169 Å². The van der Waals surface area contributed by atoms with Gasteiger partial charge in [0.15, 0.2) is 5.11 Å². The zero-order valence-electron chi connectivity index (χ0n) is 15.5. The molecule has 0 spiro atoms. The summed E-state index contributed by atoms with van der Waals surface area (Å²) in [4.78, 5) is 13.2. The maximum Gasteiger partial charge on any atom is 0.262 e. The summed E-state index contributed by atoms with van der Waals surface area (Å²) in [5.41, 5.74) is 5.60. The van der Waals surface area contributed by atoms with Crippen LogP contribution < -0.4 is 15.8 Å². The summed E-state index contributed by atoms with van der Waals surface area (Å²) >= 11 is 5.22. The van der Waals surface area contributed by atoms with Gasteiger partial charge in [0, 0.05) is 6.54 Å². The highest BCUT2D eigenvalue weighted by Gasteiger charge is 2.38. The second-order valence-electron chi connectivity index (χ2n) is 6.13. The smallest absolute Gasteiger partial charge is 0.262 e. The SMILES string of the molecule is C=CCNC(=S)NN=C(c1ccccc1)C1C(=O)N(c2ccccc2)N=C1C. The van der Waals surface area contributed by atoms with Gasteiger partial charge in [0.1, 0.15) is 5.92 Å². The second kappa shape index (κ2) is 9.05. The fourth-order valence-corrected chi connectivity index (χ4v) is 2.98. The van der Waals surface area contributed by atoms with E-state index in [1.807, 2.05) is 67.6 Å². The predicted octanol–water partition coefficient (Wildman–Crippen LogP) is 3.08. The highest BCUT2D eigenvalue weighted by atomic mass is 32.1. The van der Waals surface area contributed by atoms with Crippen molar-refractivity contribution in [2.45, 2.75) is 6.92 Å². The van der Waals surface area contributed by atoms with Crippen LogP contribution in [0.1, 0.15) is 12.5 Å². The first-order valence-corrected chi connectivity index (χ1v) is 9.24. The quantitative estimate of drug-likeness (QED) is 0.344. The minimum Gasteiger partial charge on any atom is -0.358 e. The van der Waals surface area contributed by atoms with E-state index in [0.717, 1.165) is 11.3 Å². The molecule has 7 heteroatoms. The molecule has 0 saturated heterocycles. The maximum absolute atomic E-state index is 13.2. The first-order valence-electron chi connectivity index (χ1n) is 8.83. The average molecular weight is 392 g/mol. The largest absolute Gasteiger partial charge is 0.358 e. The van der Waals surface area contributed by atoms with E-state index in [9.17, 15) is 4.79 Å². The zero-order valence-corrected chi connectivity index (χ0v) is 16.3. The van der Waals surface area contributed by atoms with Gasteiger partial charge in [-0.15, -0.1) is 6.58 Å². The van der Waals surface area contributed by atoms with E-state index >= 15 is 0 Å². The standard InChI is InChI=1S/C21H21N5OS/c1-3-14-22-21(28)24-23-19(16-10-6-4-7-11-16)18-15(2)25-26(20(18)27)17-12-8-5-9-13-17/h3-13,18H,1,14H2,2H3,(H2,22,24,28). The lowest BCUT2D eigenvalue weighted by Crippen LogP contribution is -2.37. The number of carbonyl (C=O) groups excluding carboxylic acids is 1. The summed E-state index contributed by atoms with van der Waals surface area (Å²) in [5, 5.41) is 13.7. The number of hydrazone groups is 2. The Balaban J connectivity index is 1.92. The fourth-order valence-electron chi connectivity index (χ4n) is 2.85. The summed E-state index contributed by atoms with van der Waals surface area (Å²) in [6, 6.07) is 18.9. The van der Waals surface area contributed by atoms with Crippen LogP contribution in [0, 0.1) is 5.92 Å². The van der Waals surface area contributed by atoms with Gasteiger partial charge in [-0.05, 0) is 36.8 Å². The van der Waals surface area contributed by atoms with Crippen molar-refractivity contribution in [3.8, 4) is 0 Å². The average Bonchev–Trinajstić information content (AvgIpc) is 3.02. The molecule has 3 rings (SSSR count). The van der Waals surface area contributed by atoms with E-state index in [4.69, 9.17) is 12.2 Å². The van der Waals surface area contributed by atoms with E-state index in [2.05, 4.69) is 27.5 Å². The number of para-hydroxylation sites is 1. The monoisotopic (exact) mass is 391 g/mol. The van der Waals surface area contributed by atoms with Crippen LogP contribution in [0.25, 0.3) is 0 Å². The second-order valence-corrected chi connectivity index (χ2v) is 6.54. The number of hydrogen-bond acceptors (Lipinski definition) is 4. The lowest BCUT2D eigenvalue weighted by Gasteiger charge is -2.17. The third-order valence-electron chi connectivity index (χ3n) is 4.16. The minimum absolute atomic E-state index is 0.155. The minimum atomic E-state index is -0.600. The van der Waals surface area contributed by atoms with Crippen LogP contribution in [0.2, 0.25) is 0 Å². The van der Waals surface area contributed by atoms with Crippen molar-refractivity contribution >= 4 is 40.3 Å². The molecule has 0 bridgehead atoms. The summed E-state index contributed by atoms with van der Waals surface area (Å²) in [7, 11) is 0. The molecule has 1 atom stereocenters. The predicted molar refractivity (Wildman–Crippen MR) is 117 cm³/mol. The maximum atomic E-state index is 13.2. The number of amides is 1. The number of thiocarbonyl (C=S) groups is 1. The summed E-state index contributed by atoms with van der Waals surface area (Å²) < 4.78 is 0. The Morgan fingerprint density at radius 2 is 1.86 bits per heavy atom. The Morgan fingerprint density at radius 3 is 2.50 bits per heavy atom. The van der Waals surface area contributed by atoms with Crippen molar-refractivity contribution in [2.75, 3.05) is 11.6 Å². The molecule has 1 amide bonds. The number of hydrogen-bond donors (Lipinski definition) is 2. The van der Waals surface area contributed by atoms with Gasteiger partial charge in [-0.3, -0.25) is 10.2 Å².